The van der Waals surface area contributed by atoms with Gasteiger partial charge < -0.3 is 25.8 Å². The molecule has 2 aromatic carbocycles. The zero-order valence-corrected chi connectivity index (χ0v) is 17.6. The van der Waals surface area contributed by atoms with Gasteiger partial charge in [0, 0.05) is 30.6 Å². The molecular formula is C23H30N4O3. The van der Waals surface area contributed by atoms with E-state index in [2.05, 4.69) is 40.7 Å². The molecule has 1 aliphatic rings. The first-order valence-corrected chi connectivity index (χ1v) is 10.3. The Bertz CT molecular complexity index is 875. The fourth-order valence-electron chi connectivity index (χ4n) is 3.17. The summed E-state index contributed by atoms with van der Waals surface area (Å²) in [6.07, 6.45) is 1.02. The molecule has 160 valence electrons. The monoisotopic (exact) mass is 410 g/mol. The molecule has 0 saturated carbocycles. The zero-order chi connectivity index (χ0) is 21.3. The van der Waals surface area contributed by atoms with Gasteiger partial charge in [0.15, 0.2) is 5.96 Å². The molecular weight excluding hydrogens is 380 g/mol. The van der Waals surface area contributed by atoms with Gasteiger partial charge in [-0.3, -0.25) is 4.79 Å². The molecule has 7 heteroatoms. The number of ether oxygens (including phenoxy) is 2. The fraction of sp³-hybridized carbons (Fsp3) is 0.391. The van der Waals surface area contributed by atoms with Crippen molar-refractivity contribution in [2.45, 2.75) is 39.5 Å². The molecule has 1 saturated heterocycles. The predicted molar refractivity (Wildman–Crippen MR) is 118 cm³/mol. The van der Waals surface area contributed by atoms with E-state index in [-0.39, 0.29) is 6.10 Å². The number of amides is 1. The van der Waals surface area contributed by atoms with Crippen LogP contribution in [0.2, 0.25) is 0 Å². The third-order valence-electron chi connectivity index (χ3n) is 4.85. The molecule has 0 radical (unpaired) electrons. The smallest absolute Gasteiger partial charge is 0.248 e. The van der Waals surface area contributed by atoms with Crippen LogP contribution < -0.4 is 21.1 Å². The van der Waals surface area contributed by atoms with Crippen LogP contribution in [0, 0.1) is 6.92 Å². The average Bonchev–Trinajstić information content (AvgIpc) is 3.24. The number of carbonyl (C=O) groups is 1. The number of aliphatic imine (C=N–C) groups is 1. The second kappa shape index (κ2) is 10.6. The molecule has 0 aromatic heterocycles. The SMILES string of the molecule is CCNC(=NCc1ccc(C(N)=O)cc1)NCc1ccc(C)cc1OC1CCOC1. The molecule has 7 nitrogen and oxygen atoms in total. The van der Waals surface area contributed by atoms with Crippen molar-refractivity contribution in [3.8, 4) is 5.75 Å². The molecule has 4 N–H and O–H groups in total. The first-order valence-electron chi connectivity index (χ1n) is 10.3. The number of carbonyl (C=O) groups excluding carboxylic acids is 1. The molecule has 1 fully saturated rings. The first kappa shape index (κ1) is 21.6. The van der Waals surface area contributed by atoms with Gasteiger partial charge >= 0.3 is 0 Å². The summed E-state index contributed by atoms with van der Waals surface area (Å²) in [5.74, 6) is 1.17. The highest BCUT2D eigenvalue weighted by molar-refractivity contribution is 5.92. The van der Waals surface area contributed by atoms with Gasteiger partial charge in [-0.2, -0.15) is 0 Å². The van der Waals surface area contributed by atoms with Crippen LogP contribution >= 0.6 is 0 Å². The Kier molecular flexibility index (Phi) is 7.68. The zero-order valence-electron chi connectivity index (χ0n) is 17.6. The third kappa shape index (κ3) is 6.22. The highest BCUT2D eigenvalue weighted by Gasteiger charge is 2.18. The van der Waals surface area contributed by atoms with Crippen LogP contribution in [0.4, 0.5) is 0 Å². The Morgan fingerprint density at radius 1 is 1.23 bits per heavy atom. The average molecular weight is 411 g/mol. The molecule has 3 rings (SSSR count). The van der Waals surface area contributed by atoms with E-state index in [0.29, 0.717) is 31.2 Å². The lowest BCUT2D eigenvalue weighted by Gasteiger charge is -2.18. The number of benzene rings is 2. The first-order chi connectivity index (χ1) is 14.5. The Balaban J connectivity index is 1.65. The van der Waals surface area contributed by atoms with Gasteiger partial charge in [-0.15, -0.1) is 0 Å². The predicted octanol–water partition coefficient (Wildman–Crippen LogP) is 2.52. The molecule has 2 aromatic rings. The molecule has 1 amide bonds. The highest BCUT2D eigenvalue weighted by Crippen LogP contribution is 2.23. The molecule has 1 unspecified atom stereocenters. The minimum Gasteiger partial charge on any atom is -0.488 e. The number of guanidine groups is 1. The number of nitrogens with one attached hydrogen (secondary N) is 2. The Hall–Kier alpha value is -3.06. The van der Waals surface area contributed by atoms with E-state index in [1.807, 2.05) is 19.1 Å². The lowest BCUT2D eigenvalue weighted by Crippen LogP contribution is -2.37. The number of rotatable bonds is 8. The van der Waals surface area contributed by atoms with E-state index < -0.39 is 5.91 Å². The van der Waals surface area contributed by atoms with E-state index >= 15 is 0 Å². The Labute approximate surface area is 177 Å². The summed E-state index contributed by atoms with van der Waals surface area (Å²) in [5, 5.41) is 6.64. The van der Waals surface area contributed by atoms with Crippen molar-refractivity contribution in [1.29, 1.82) is 0 Å². The summed E-state index contributed by atoms with van der Waals surface area (Å²) < 4.78 is 11.6. The van der Waals surface area contributed by atoms with Crippen molar-refractivity contribution >= 4 is 11.9 Å². The minimum absolute atomic E-state index is 0.107. The van der Waals surface area contributed by atoms with Gasteiger partial charge in [0.05, 0.1) is 19.8 Å². The van der Waals surface area contributed by atoms with Crippen molar-refractivity contribution in [3.63, 3.8) is 0 Å². The van der Waals surface area contributed by atoms with E-state index in [9.17, 15) is 4.79 Å². The maximum Gasteiger partial charge on any atom is 0.248 e. The maximum absolute atomic E-state index is 11.2. The number of aryl methyl sites for hydroxylation is 1. The van der Waals surface area contributed by atoms with Crippen LogP contribution in [0.25, 0.3) is 0 Å². The number of nitrogens with zero attached hydrogens (tertiary/aromatic N) is 1. The molecule has 1 heterocycles. The van der Waals surface area contributed by atoms with Crippen molar-refractivity contribution in [2.75, 3.05) is 19.8 Å². The third-order valence-corrected chi connectivity index (χ3v) is 4.85. The summed E-state index contributed by atoms with van der Waals surface area (Å²) in [7, 11) is 0. The van der Waals surface area contributed by atoms with Gasteiger partial charge in [0.1, 0.15) is 11.9 Å². The van der Waals surface area contributed by atoms with E-state index in [0.717, 1.165) is 42.0 Å². The largest absolute Gasteiger partial charge is 0.488 e. The second-order valence-electron chi connectivity index (χ2n) is 7.32. The van der Waals surface area contributed by atoms with Crippen molar-refractivity contribution in [3.05, 3.63) is 64.7 Å². The van der Waals surface area contributed by atoms with Gasteiger partial charge in [0.25, 0.3) is 0 Å². The van der Waals surface area contributed by atoms with E-state index in [4.69, 9.17) is 15.2 Å². The number of primary amides is 1. The number of nitrogens with two attached hydrogens (primary N) is 1. The summed E-state index contributed by atoms with van der Waals surface area (Å²) in [6, 6.07) is 13.4. The van der Waals surface area contributed by atoms with Crippen LogP contribution in [-0.4, -0.2) is 37.7 Å². The molecule has 0 bridgehead atoms. The summed E-state index contributed by atoms with van der Waals surface area (Å²) in [4.78, 5) is 15.8. The van der Waals surface area contributed by atoms with E-state index in [1.165, 1.54) is 0 Å². The summed E-state index contributed by atoms with van der Waals surface area (Å²) in [5.41, 5.74) is 9.01. The second-order valence-corrected chi connectivity index (χ2v) is 7.32. The van der Waals surface area contributed by atoms with E-state index in [1.54, 1.807) is 12.1 Å². The van der Waals surface area contributed by atoms with Crippen molar-refractivity contribution < 1.29 is 14.3 Å². The molecule has 0 aliphatic carbocycles. The Morgan fingerprint density at radius 2 is 2.03 bits per heavy atom. The number of hydrogen-bond donors (Lipinski definition) is 3. The normalized spacial score (nSPS) is 16.3. The minimum atomic E-state index is -0.430. The van der Waals surface area contributed by atoms with Crippen molar-refractivity contribution in [1.82, 2.24) is 10.6 Å². The lowest BCUT2D eigenvalue weighted by atomic mass is 10.1. The van der Waals surface area contributed by atoms with Gasteiger partial charge in [-0.25, -0.2) is 4.99 Å². The molecule has 0 spiro atoms. The maximum atomic E-state index is 11.2. The lowest BCUT2D eigenvalue weighted by molar-refractivity contribution is 0.100. The van der Waals surface area contributed by atoms with Crippen LogP contribution in [-0.2, 0) is 17.8 Å². The molecule has 30 heavy (non-hydrogen) atoms. The van der Waals surface area contributed by atoms with Crippen LogP contribution in [0.5, 0.6) is 5.75 Å². The molecule has 1 atom stereocenters. The standard InChI is InChI=1S/C23H30N4O3/c1-3-25-23(26-13-17-5-8-18(9-6-17)22(24)28)27-14-19-7-4-16(2)12-21(19)30-20-10-11-29-15-20/h4-9,12,20H,3,10-11,13-15H2,1-2H3,(H2,24,28)(H2,25,26,27). The topological polar surface area (TPSA) is 98.0 Å². The van der Waals surface area contributed by atoms with Crippen LogP contribution in [0.1, 0.15) is 40.4 Å². The fourth-order valence-corrected chi connectivity index (χ4v) is 3.17. The Morgan fingerprint density at radius 3 is 2.70 bits per heavy atom. The van der Waals surface area contributed by atoms with Gasteiger partial charge in [-0.05, 0) is 43.2 Å². The molecule has 1 aliphatic heterocycles. The number of hydrogen-bond acceptors (Lipinski definition) is 4. The van der Waals surface area contributed by atoms with Crippen LogP contribution in [0.3, 0.4) is 0 Å². The summed E-state index contributed by atoms with van der Waals surface area (Å²) in [6.45, 7) is 7.31. The summed E-state index contributed by atoms with van der Waals surface area (Å²) >= 11 is 0. The van der Waals surface area contributed by atoms with Gasteiger partial charge in [0.2, 0.25) is 5.91 Å². The van der Waals surface area contributed by atoms with Gasteiger partial charge in [-0.1, -0.05) is 24.3 Å². The quantitative estimate of drug-likeness (QED) is 0.459. The highest BCUT2D eigenvalue weighted by atomic mass is 16.5. The van der Waals surface area contributed by atoms with Crippen LogP contribution in [0.15, 0.2) is 47.5 Å². The van der Waals surface area contributed by atoms with Crippen molar-refractivity contribution in [2.24, 2.45) is 10.7 Å².